The predicted octanol–water partition coefficient (Wildman–Crippen LogP) is -0.0327. The Morgan fingerprint density at radius 3 is 2.84 bits per heavy atom. The van der Waals surface area contributed by atoms with Gasteiger partial charge in [0.2, 0.25) is 5.91 Å². The van der Waals surface area contributed by atoms with Crippen LogP contribution in [-0.2, 0) is 4.79 Å². The average Bonchev–Trinajstić information content (AvgIpc) is 2.46. The minimum atomic E-state index is -0.365. The summed E-state index contributed by atoms with van der Waals surface area (Å²) in [5.41, 5.74) is 6.56. The molecule has 3 N–H and O–H groups in total. The Kier molecular flexibility index (Phi) is 4.11. The van der Waals surface area contributed by atoms with Crippen LogP contribution in [0.1, 0.15) is 0 Å². The maximum absolute atomic E-state index is 11.8. The van der Waals surface area contributed by atoms with Gasteiger partial charge >= 0.3 is 0 Å². The van der Waals surface area contributed by atoms with Gasteiger partial charge in [-0.15, -0.1) is 0 Å². The minimum absolute atomic E-state index is 0.0494. The van der Waals surface area contributed by atoms with E-state index in [0.717, 1.165) is 5.69 Å². The number of hydrogen-bond acceptors (Lipinski definition) is 5. The summed E-state index contributed by atoms with van der Waals surface area (Å²) in [4.78, 5) is 13.8. The van der Waals surface area contributed by atoms with E-state index in [1.165, 1.54) is 0 Å². The molecule has 6 heteroatoms. The highest BCUT2D eigenvalue weighted by Crippen LogP contribution is 2.33. The zero-order valence-electron chi connectivity index (χ0n) is 11.2. The van der Waals surface area contributed by atoms with Gasteiger partial charge in [-0.25, -0.2) is 0 Å². The summed E-state index contributed by atoms with van der Waals surface area (Å²) in [6, 6.07) is 5.17. The molecule has 1 amide bonds. The van der Waals surface area contributed by atoms with Crippen LogP contribution in [0.2, 0.25) is 0 Å². The lowest BCUT2D eigenvalue weighted by Gasteiger charge is -2.36. The Labute approximate surface area is 112 Å². The molecule has 1 aromatic carbocycles. The van der Waals surface area contributed by atoms with Crippen molar-refractivity contribution in [2.45, 2.75) is 6.04 Å². The van der Waals surface area contributed by atoms with Crippen LogP contribution in [0.3, 0.4) is 0 Å². The summed E-state index contributed by atoms with van der Waals surface area (Å²) in [6.45, 7) is 1.57. The number of hydrogen-bond donors (Lipinski definition) is 2. The summed E-state index contributed by atoms with van der Waals surface area (Å²) in [5.74, 6) is 1.34. The smallest absolute Gasteiger partial charge is 0.244 e. The van der Waals surface area contributed by atoms with Crippen LogP contribution in [0.25, 0.3) is 0 Å². The Morgan fingerprint density at radius 1 is 1.42 bits per heavy atom. The molecular weight excluding hydrogens is 246 g/mol. The van der Waals surface area contributed by atoms with Crippen molar-refractivity contribution in [3.63, 3.8) is 0 Å². The molecule has 1 unspecified atom stereocenters. The number of nitrogens with one attached hydrogen (secondary N) is 1. The Balaban J connectivity index is 2.36. The second kappa shape index (κ2) is 5.79. The topological polar surface area (TPSA) is 76.8 Å². The molecule has 0 aliphatic carbocycles. The zero-order chi connectivity index (χ0) is 13.8. The van der Waals surface area contributed by atoms with Crippen molar-refractivity contribution in [2.75, 3.05) is 38.8 Å². The fraction of sp³-hybridized carbons (Fsp3) is 0.462. The second-order valence-electron chi connectivity index (χ2n) is 4.27. The fourth-order valence-electron chi connectivity index (χ4n) is 2.26. The monoisotopic (exact) mass is 265 g/mol. The third-order valence-electron chi connectivity index (χ3n) is 3.25. The number of carbonyl (C=O) groups excluding carboxylic acids is 1. The number of methoxy groups -OCH3 is 2. The SMILES string of the molecule is COc1ccc(N2CCNC(=O)C2CN)c(OC)c1. The molecule has 1 fully saturated rings. The molecule has 0 radical (unpaired) electrons. The lowest BCUT2D eigenvalue weighted by Crippen LogP contribution is -2.58. The van der Waals surface area contributed by atoms with E-state index >= 15 is 0 Å². The van der Waals surface area contributed by atoms with Crippen molar-refractivity contribution < 1.29 is 14.3 Å². The molecule has 2 rings (SSSR count). The van der Waals surface area contributed by atoms with Crippen LogP contribution in [0.5, 0.6) is 11.5 Å². The van der Waals surface area contributed by atoms with Gasteiger partial charge in [0.05, 0.1) is 19.9 Å². The molecule has 1 atom stereocenters. The Morgan fingerprint density at radius 2 is 2.21 bits per heavy atom. The van der Waals surface area contributed by atoms with Crippen molar-refractivity contribution >= 4 is 11.6 Å². The first-order valence-corrected chi connectivity index (χ1v) is 6.17. The molecular formula is C13H19N3O3. The molecule has 0 aromatic heterocycles. The highest BCUT2D eigenvalue weighted by molar-refractivity contribution is 5.87. The molecule has 0 bridgehead atoms. The normalized spacial score (nSPS) is 19.0. The van der Waals surface area contributed by atoms with E-state index in [9.17, 15) is 4.79 Å². The van der Waals surface area contributed by atoms with Crippen LogP contribution in [-0.4, -0.2) is 45.8 Å². The number of anilines is 1. The number of nitrogens with zero attached hydrogens (tertiary/aromatic N) is 1. The molecule has 1 aliphatic rings. The van der Waals surface area contributed by atoms with E-state index in [4.69, 9.17) is 15.2 Å². The van der Waals surface area contributed by atoms with Crippen LogP contribution in [0.15, 0.2) is 18.2 Å². The van der Waals surface area contributed by atoms with Crippen molar-refractivity contribution in [3.8, 4) is 11.5 Å². The van der Waals surface area contributed by atoms with Crippen molar-refractivity contribution in [3.05, 3.63) is 18.2 Å². The summed E-state index contributed by atoms with van der Waals surface area (Å²) in [6.07, 6.45) is 0. The van der Waals surface area contributed by atoms with Gasteiger partial charge in [0, 0.05) is 25.7 Å². The number of piperazine rings is 1. The number of nitrogens with two attached hydrogens (primary N) is 1. The summed E-state index contributed by atoms with van der Waals surface area (Å²) >= 11 is 0. The number of benzene rings is 1. The molecule has 0 spiro atoms. The van der Waals surface area contributed by atoms with Gasteiger partial charge in [0.25, 0.3) is 0 Å². The number of carbonyl (C=O) groups is 1. The van der Waals surface area contributed by atoms with Gasteiger partial charge in [-0.3, -0.25) is 4.79 Å². The van der Waals surface area contributed by atoms with Crippen molar-refractivity contribution in [1.29, 1.82) is 0 Å². The lowest BCUT2D eigenvalue weighted by molar-refractivity contribution is -0.123. The summed E-state index contributed by atoms with van der Waals surface area (Å²) in [5, 5.41) is 2.82. The maximum Gasteiger partial charge on any atom is 0.244 e. The third kappa shape index (κ3) is 2.58. The third-order valence-corrected chi connectivity index (χ3v) is 3.25. The maximum atomic E-state index is 11.8. The van der Waals surface area contributed by atoms with Gasteiger partial charge in [0.1, 0.15) is 17.5 Å². The van der Waals surface area contributed by atoms with Crippen LogP contribution in [0, 0.1) is 0 Å². The first-order valence-electron chi connectivity index (χ1n) is 6.17. The van der Waals surface area contributed by atoms with E-state index in [1.807, 2.05) is 17.0 Å². The number of ether oxygens (including phenoxy) is 2. The molecule has 1 aliphatic heterocycles. The zero-order valence-corrected chi connectivity index (χ0v) is 11.2. The highest BCUT2D eigenvalue weighted by atomic mass is 16.5. The quantitative estimate of drug-likeness (QED) is 0.799. The first kappa shape index (κ1) is 13.5. The fourth-order valence-corrected chi connectivity index (χ4v) is 2.26. The van der Waals surface area contributed by atoms with E-state index in [2.05, 4.69) is 5.32 Å². The number of amides is 1. The highest BCUT2D eigenvalue weighted by Gasteiger charge is 2.30. The summed E-state index contributed by atoms with van der Waals surface area (Å²) in [7, 11) is 3.20. The van der Waals surface area contributed by atoms with E-state index in [1.54, 1.807) is 20.3 Å². The van der Waals surface area contributed by atoms with Crippen LogP contribution < -0.4 is 25.4 Å². The Hall–Kier alpha value is -1.95. The second-order valence-corrected chi connectivity index (χ2v) is 4.27. The van der Waals surface area contributed by atoms with Gasteiger partial charge in [-0.2, -0.15) is 0 Å². The molecule has 1 aromatic rings. The van der Waals surface area contributed by atoms with Gasteiger partial charge in [-0.05, 0) is 12.1 Å². The standard InChI is InChI=1S/C13H19N3O3/c1-18-9-3-4-10(12(7-9)19-2)16-6-5-15-13(17)11(16)8-14/h3-4,7,11H,5-6,8,14H2,1-2H3,(H,15,17). The van der Waals surface area contributed by atoms with Crippen LogP contribution in [0.4, 0.5) is 5.69 Å². The van der Waals surface area contributed by atoms with E-state index in [0.29, 0.717) is 24.6 Å². The van der Waals surface area contributed by atoms with Gasteiger partial charge < -0.3 is 25.4 Å². The largest absolute Gasteiger partial charge is 0.497 e. The van der Waals surface area contributed by atoms with Crippen molar-refractivity contribution in [2.24, 2.45) is 5.73 Å². The Bertz CT molecular complexity index is 464. The molecule has 0 saturated carbocycles. The number of rotatable bonds is 4. The van der Waals surface area contributed by atoms with Gasteiger partial charge in [0.15, 0.2) is 0 Å². The molecule has 19 heavy (non-hydrogen) atoms. The lowest BCUT2D eigenvalue weighted by atomic mass is 10.1. The summed E-state index contributed by atoms with van der Waals surface area (Å²) < 4.78 is 10.5. The molecule has 1 saturated heterocycles. The van der Waals surface area contributed by atoms with E-state index < -0.39 is 0 Å². The van der Waals surface area contributed by atoms with Gasteiger partial charge in [-0.1, -0.05) is 0 Å². The van der Waals surface area contributed by atoms with E-state index in [-0.39, 0.29) is 18.5 Å². The van der Waals surface area contributed by atoms with Crippen molar-refractivity contribution in [1.82, 2.24) is 5.32 Å². The predicted molar refractivity (Wildman–Crippen MR) is 72.7 cm³/mol. The minimum Gasteiger partial charge on any atom is -0.497 e. The van der Waals surface area contributed by atoms with Crippen LogP contribution >= 0.6 is 0 Å². The average molecular weight is 265 g/mol. The first-order chi connectivity index (χ1) is 9.21. The molecule has 6 nitrogen and oxygen atoms in total. The molecule has 1 heterocycles. The molecule has 104 valence electrons.